The largest absolute Gasteiger partial charge is 0.497 e. The van der Waals surface area contributed by atoms with Crippen LogP contribution in [0.5, 0.6) is 5.75 Å². The number of ether oxygens (including phenoxy) is 1. The van der Waals surface area contributed by atoms with Crippen LogP contribution in [0.3, 0.4) is 0 Å². The van der Waals surface area contributed by atoms with Crippen LogP contribution >= 0.6 is 0 Å². The first-order chi connectivity index (χ1) is 17.5. The second-order valence-corrected chi connectivity index (χ2v) is 11.4. The number of amides is 2. The first-order valence-electron chi connectivity index (χ1n) is 12.2. The molecule has 0 aliphatic heterocycles. The van der Waals surface area contributed by atoms with E-state index in [1.54, 1.807) is 38.3 Å². The van der Waals surface area contributed by atoms with E-state index in [1.807, 2.05) is 56.3 Å². The van der Waals surface area contributed by atoms with Crippen molar-refractivity contribution in [3.8, 4) is 5.75 Å². The molecule has 1 unspecified atom stereocenters. The van der Waals surface area contributed by atoms with Crippen LogP contribution < -0.4 is 14.4 Å². The van der Waals surface area contributed by atoms with E-state index in [9.17, 15) is 18.0 Å². The average molecular weight is 526 g/mol. The summed E-state index contributed by atoms with van der Waals surface area (Å²) in [4.78, 5) is 28.1. The Kier molecular flexibility index (Phi) is 9.15. The minimum Gasteiger partial charge on any atom is -0.497 e. The van der Waals surface area contributed by atoms with Gasteiger partial charge in [0.2, 0.25) is 21.8 Å². The van der Waals surface area contributed by atoms with E-state index < -0.39 is 28.5 Å². The van der Waals surface area contributed by atoms with Gasteiger partial charge in [0.25, 0.3) is 0 Å². The van der Waals surface area contributed by atoms with Crippen molar-refractivity contribution in [2.75, 3.05) is 30.8 Å². The van der Waals surface area contributed by atoms with Crippen LogP contribution in [-0.4, -0.2) is 57.6 Å². The summed E-state index contributed by atoms with van der Waals surface area (Å²) >= 11 is 0. The van der Waals surface area contributed by atoms with Crippen LogP contribution in [0.2, 0.25) is 0 Å². The normalized spacial score (nSPS) is 12.3. The number of benzene rings is 3. The van der Waals surface area contributed by atoms with Gasteiger partial charge in [-0.25, -0.2) is 8.42 Å². The van der Waals surface area contributed by atoms with Crippen LogP contribution in [0, 0.1) is 5.92 Å². The molecule has 9 heteroatoms. The standard InChI is InChI=1S/C28H35N3O5S/c1-20(2)17-29-28(33)21(3)30(18-22-13-15-24(36-4)16-14-22)27(32)19-31(37(5,34)35)26-12-8-10-23-9-6-7-11-25(23)26/h6-16,20-21H,17-19H2,1-5H3,(H,29,33). The fraction of sp³-hybridized carbons (Fsp3) is 0.357. The Balaban J connectivity index is 1.96. The van der Waals surface area contributed by atoms with Gasteiger partial charge in [0.1, 0.15) is 18.3 Å². The third-order valence-electron chi connectivity index (χ3n) is 6.08. The van der Waals surface area contributed by atoms with Crippen LogP contribution in [0.15, 0.2) is 66.7 Å². The van der Waals surface area contributed by atoms with Gasteiger partial charge in [-0.2, -0.15) is 0 Å². The first-order valence-corrected chi connectivity index (χ1v) is 14.0. The molecule has 8 nitrogen and oxygen atoms in total. The van der Waals surface area contributed by atoms with E-state index in [2.05, 4.69) is 5.32 Å². The highest BCUT2D eigenvalue weighted by molar-refractivity contribution is 7.92. The molecule has 0 radical (unpaired) electrons. The van der Waals surface area contributed by atoms with Gasteiger partial charge in [-0.1, -0.05) is 62.4 Å². The number of methoxy groups -OCH3 is 1. The number of carbonyl (C=O) groups is 2. The van der Waals surface area contributed by atoms with Gasteiger partial charge in [-0.3, -0.25) is 13.9 Å². The molecule has 3 rings (SSSR count). The lowest BCUT2D eigenvalue weighted by molar-refractivity contribution is -0.139. The Morgan fingerprint density at radius 1 is 0.946 bits per heavy atom. The number of hydrogen-bond donors (Lipinski definition) is 1. The highest BCUT2D eigenvalue weighted by Gasteiger charge is 2.30. The van der Waals surface area contributed by atoms with E-state index in [4.69, 9.17) is 4.74 Å². The van der Waals surface area contributed by atoms with Crippen molar-refractivity contribution in [3.63, 3.8) is 0 Å². The van der Waals surface area contributed by atoms with Crippen molar-refractivity contribution >= 4 is 38.3 Å². The Labute approximate surface area is 219 Å². The van der Waals surface area contributed by atoms with Crippen molar-refractivity contribution in [2.24, 2.45) is 5.92 Å². The third kappa shape index (κ3) is 7.22. The monoisotopic (exact) mass is 525 g/mol. The molecule has 198 valence electrons. The minimum absolute atomic E-state index is 0.131. The van der Waals surface area contributed by atoms with Gasteiger partial charge in [-0.15, -0.1) is 0 Å². The van der Waals surface area contributed by atoms with Gasteiger partial charge in [0.15, 0.2) is 0 Å². The first kappa shape index (κ1) is 28.0. The molecular weight excluding hydrogens is 490 g/mol. The predicted octanol–water partition coefficient (Wildman–Crippen LogP) is 3.80. The van der Waals surface area contributed by atoms with E-state index in [-0.39, 0.29) is 18.4 Å². The Hall–Kier alpha value is -3.59. The summed E-state index contributed by atoms with van der Waals surface area (Å²) in [6.45, 7) is 5.79. The minimum atomic E-state index is -3.82. The summed E-state index contributed by atoms with van der Waals surface area (Å²) < 4.78 is 32.1. The zero-order chi connectivity index (χ0) is 27.2. The number of fused-ring (bicyclic) bond motifs is 1. The maximum Gasteiger partial charge on any atom is 0.244 e. The van der Waals surface area contributed by atoms with Gasteiger partial charge in [-0.05, 0) is 42.0 Å². The zero-order valence-corrected chi connectivity index (χ0v) is 22.8. The van der Waals surface area contributed by atoms with Gasteiger partial charge in [0, 0.05) is 18.5 Å². The van der Waals surface area contributed by atoms with Gasteiger partial charge < -0.3 is 15.0 Å². The maximum atomic E-state index is 13.7. The van der Waals surface area contributed by atoms with E-state index in [0.717, 1.165) is 21.5 Å². The molecule has 0 saturated heterocycles. The molecule has 3 aromatic carbocycles. The van der Waals surface area contributed by atoms with Crippen molar-refractivity contribution < 1.29 is 22.7 Å². The molecule has 0 saturated carbocycles. The molecule has 0 fully saturated rings. The van der Waals surface area contributed by atoms with E-state index >= 15 is 0 Å². The predicted molar refractivity (Wildman–Crippen MR) is 147 cm³/mol. The quantitative estimate of drug-likeness (QED) is 0.411. The number of hydrogen-bond acceptors (Lipinski definition) is 5. The highest BCUT2D eigenvalue weighted by atomic mass is 32.2. The zero-order valence-electron chi connectivity index (χ0n) is 22.0. The Morgan fingerprint density at radius 3 is 2.22 bits per heavy atom. The smallest absolute Gasteiger partial charge is 0.244 e. The molecule has 0 bridgehead atoms. The number of nitrogens with zero attached hydrogens (tertiary/aromatic N) is 2. The average Bonchev–Trinajstić information content (AvgIpc) is 2.87. The Bertz CT molecular complexity index is 1330. The lowest BCUT2D eigenvalue weighted by Crippen LogP contribution is -2.51. The van der Waals surface area contributed by atoms with Crippen LogP contribution in [0.1, 0.15) is 26.3 Å². The molecule has 0 aliphatic carbocycles. The summed E-state index contributed by atoms with van der Waals surface area (Å²) in [5.74, 6) is 0.130. The summed E-state index contributed by atoms with van der Waals surface area (Å²) in [6, 6.07) is 19.1. The van der Waals surface area contributed by atoms with Crippen molar-refractivity contribution in [1.82, 2.24) is 10.2 Å². The summed E-state index contributed by atoms with van der Waals surface area (Å²) in [7, 11) is -2.25. The van der Waals surface area contributed by atoms with Crippen molar-refractivity contribution in [1.29, 1.82) is 0 Å². The molecule has 0 aliphatic rings. The lowest BCUT2D eigenvalue weighted by atomic mass is 10.1. The summed E-state index contributed by atoms with van der Waals surface area (Å²) in [6.07, 6.45) is 1.08. The number of rotatable bonds is 11. The molecule has 2 amide bonds. The Morgan fingerprint density at radius 2 is 1.59 bits per heavy atom. The highest BCUT2D eigenvalue weighted by Crippen LogP contribution is 2.28. The third-order valence-corrected chi connectivity index (χ3v) is 7.20. The van der Waals surface area contributed by atoms with Crippen molar-refractivity contribution in [2.45, 2.75) is 33.4 Å². The number of sulfonamides is 1. The second-order valence-electron chi connectivity index (χ2n) is 9.45. The van der Waals surface area contributed by atoms with Crippen LogP contribution in [0.4, 0.5) is 5.69 Å². The van der Waals surface area contributed by atoms with Crippen LogP contribution in [-0.2, 0) is 26.2 Å². The molecule has 37 heavy (non-hydrogen) atoms. The SMILES string of the molecule is COc1ccc(CN(C(=O)CN(c2cccc3ccccc23)S(C)(=O)=O)C(C)C(=O)NCC(C)C)cc1. The molecule has 0 heterocycles. The van der Waals surface area contributed by atoms with E-state index in [0.29, 0.717) is 23.4 Å². The summed E-state index contributed by atoms with van der Waals surface area (Å²) in [5.41, 5.74) is 1.20. The van der Waals surface area contributed by atoms with Crippen LogP contribution in [0.25, 0.3) is 10.8 Å². The van der Waals surface area contributed by atoms with Gasteiger partial charge >= 0.3 is 0 Å². The fourth-order valence-electron chi connectivity index (χ4n) is 3.98. The lowest BCUT2D eigenvalue weighted by Gasteiger charge is -2.32. The maximum absolute atomic E-state index is 13.7. The van der Waals surface area contributed by atoms with Crippen molar-refractivity contribution in [3.05, 3.63) is 72.3 Å². The fourth-order valence-corrected chi connectivity index (χ4v) is 4.84. The number of nitrogens with one attached hydrogen (secondary N) is 1. The molecule has 1 N–H and O–H groups in total. The van der Waals surface area contributed by atoms with Gasteiger partial charge in [0.05, 0.1) is 19.1 Å². The topological polar surface area (TPSA) is 96.0 Å². The van der Waals surface area contributed by atoms with E-state index in [1.165, 1.54) is 4.90 Å². The number of carbonyl (C=O) groups excluding carboxylic acids is 2. The molecule has 1 atom stereocenters. The molecule has 0 aromatic heterocycles. The second kappa shape index (κ2) is 12.1. The number of anilines is 1. The molecule has 3 aromatic rings. The summed E-state index contributed by atoms with van der Waals surface area (Å²) in [5, 5.41) is 4.45. The molecule has 0 spiro atoms. The molecular formula is C28H35N3O5S.